The summed E-state index contributed by atoms with van der Waals surface area (Å²) < 4.78 is 0. The Labute approximate surface area is 96.8 Å². The number of amides is 2. The number of hydrogen-bond acceptors (Lipinski definition) is 2. The molecule has 92 valence electrons. The molecule has 0 bridgehead atoms. The van der Waals surface area contributed by atoms with Crippen LogP contribution in [0.15, 0.2) is 0 Å². The van der Waals surface area contributed by atoms with Crippen molar-refractivity contribution in [1.82, 2.24) is 10.6 Å². The van der Waals surface area contributed by atoms with Crippen LogP contribution in [0.4, 0.5) is 4.79 Å². The lowest BCUT2D eigenvalue weighted by Gasteiger charge is -2.28. The highest BCUT2D eigenvalue weighted by Gasteiger charge is 2.21. The van der Waals surface area contributed by atoms with Crippen molar-refractivity contribution in [2.45, 2.75) is 57.1 Å². The van der Waals surface area contributed by atoms with Gasteiger partial charge in [-0.2, -0.15) is 0 Å². The van der Waals surface area contributed by atoms with Crippen molar-refractivity contribution >= 4 is 6.03 Å². The lowest BCUT2D eigenvalue weighted by molar-refractivity contribution is 0.109. The van der Waals surface area contributed by atoms with Crippen LogP contribution in [0.5, 0.6) is 0 Å². The highest BCUT2D eigenvalue weighted by molar-refractivity contribution is 5.74. The van der Waals surface area contributed by atoms with Crippen LogP contribution in [-0.4, -0.2) is 29.8 Å². The fourth-order valence-corrected chi connectivity index (χ4v) is 2.38. The van der Waals surface area contributed by atoms with E-state index in [1.54, 1.807) is 0 Å². The molecule has 0 radical (unpaired) electrons. The topological polar surface area (TPSA) is 61.4 Å². The van der Waals surface area contributed by atoms with Crippen molar-refractivity contribution in [3.05, 3.63) is 0 Å². The minimum absolute atomic E-state index is 0.0178. The first-order valence-corrected chi connectivity index (χ1v) is 6.46. The molecule has 2 rings (SSSR count). The zero-order valence-electron chi connectivity index (χ0n) is 9.74. The smallest absolute Gasteiger partial charge is 0.315 e. The first-order valence-electron chi connectivity index (χ1n) is 6.46. The summed E-state index contributed by atoms with van der Waals surface area (Å²) in [6.45, 7) is 0.755. The monoisotopic (exact) mass is 226 g/mol. The van der Waals surface area contributed by atoms with Crippen LogP contribution in [0.1, 0.15) is 44.9 Å². The normalized spacial score (nSPS) is 30.6. The third-order valence-electron chi connectivity index (χ3n) is 3.81. The number of urea groups is 1. The van der Waals surface area contributed by atoms with Crippen LogP contribution in [0, 0.1) is 5.92 Å². The first-order chi connectivity index (χ1) is 7.74. The summed E-state index contributed by atoms with van der Waals surface area (Å²) in [5.41, 5.74) is 0. The minimum atomic E-state index is -0.111. The molecule has 0 heterocycles. The average molecular weight is 226 g/mol. The molecule has 2 fully saturated rings. The third-order valence-corrected chi connectivity index (χ3v) is 3.81. The highest BCUT2D eigenvalue weighted by atomic mass is 16.3. The molecular formula is C12H22N2O2. The molecule has 2 aliphatic rings. The van der Waals surface area contributed by atoms with E-state index in [0.717, 1.165) is 45.1 Å². The second kappa shape index (κ2) is 5.53. The number of carbonyl (C=O) groups is 1. The highest BCUT2D eigenvalue weighted by Crippen LogP contribution is 2.23. The van der Waals surface area contributed by atoms with Crippen LogP contribution in [0.3, 0.4) is 0 Å². The summed E-state index contributed by atoms with van der Waals surface area (Å²) in [4.78, 5) is 11.5. The van der Waals surface area contributed by atoms with E-state index in [-0.39, 0.29) is 12.1 Å². The molecule has 16 heavy (non-hydrogen) atoms. The third kappa shape index (κ3) is 3.37. The van der Waals surface area contributed by atoms with Crippen LogP contribution >= 0.6 is 0 Å². The second-order valence-corrected chi connectivity index (χ2v) is 5.16. The van der Waals surface area contributed by atoms with Gasteiger partial charge in [0.1, 0.15) is 0 Å². The Kier molecular flexibility index (Phi) is 4.04. The molecule has 2 aliphatic carbocycles. The largest absolute Gasteiger partial charge is 0.393 e. The van der Waals surface area contributed by atoms with Gasteiger partial charge in [0.2, 0.25) is 0 Å². The molecule has 0 unspecified atom stereocenters. The van der Waals surface area contributed by atoms with E-state index in [4.69, 9.17) is 0 Å². The summed E-state index contributed by atoms with van der Waals surface area (Å²) in [5.74, 6) is 0.551. The Balaban J connectivity index is 1.57. The van der Waals surface area contributed by atoms with Crippen molar-refractivity contribution < 1.29 is 9.90 Å². The predicted molar refractivity (Wildman–Crippen MR) is 62.1 cm³/mol. The molecular weight excluding hydrogens is 204 g/mol. The Morgan fingerprint density at radius 1 is 1.12 bits per heavy atom. The van der Waals surface area contributed by atoms with Crippen LogP contribution in [0.2, 0.25) is 0 Å². The number of aliphatic hydroxyl groups excluding tert-OH is 1. The van der Waals surface area contributed by atoms with Gasteiger partial charge in [-0.05, 0) is 50.9 Å². The van der Waals surface area contributed by atoms with Gasteiger partial charge in [0.15, 0.2) is 0 Å². The number of hydrogen-bond donors (Lipinski definition) is 3. The SMILES string of the molecule is O=C(NCC1CCC(O)CC1)NC1CCC1. The standard InChI is InChI=1S/C12H22N2O2/c15-11-6-4-9(5-7-11)8-13-12(16)14-10-2-1-3-10/h9-11,15H,1-8H2,(H2,13,14,16). The van der Waals surface area contributed by atoms with Crippen molar-refractivity contribution in [2.24, 2.45) is 5.92 Å². The van der Waals surface area contributed by atoms with Crippen molar-refractivity contribution in [3.8, 4) is 0 Å². The molecule has 4 heteroatoms. The fraction of sp³-hybridized carbons (Fsp3) is 0.917. The van der Waals surface area contributed by atoms with Gasteiger partial charge in [-0.3, -0.25) is 0 Å². The maximum Gasteiger partial charge on any atom is 0.315 e. The summed E-state index contributed by atoms with van der Waals surface area (Å²) >= 11 is 0. The number of nitrogens with one attached hydrogen (secondary N) is 2. The molecule has 0 spiro atoms. The molecule has 3 N–H and O–H groups in total. The fourth-order valence-electron chi connectivity index (χ4n) is 2.38. The molecule has 0 aliphatic heterocycles. The average Bonchev–Trinajstić information content (AvgIpc) is 2.23. The second-order valence-electron chi connectivity index (χ2n) is 5.16. The van der Waals surface area contributed by atoms with Gasteiger partial charge < -0.3 is 15.7 Å². The Morgan fingerprint density at radius 2 is 1.81 bits per heavy atom. The Bertz CT molecular complexity index is 233. The molecule has 0 aromatic rings. The van der Waals surface area contributed by atoms with Gasteiger partial charge in [0, 0.05) is 12.6 Å². The van der Waals surface area contributed by atoms with E-state index in [1.165, 1.54) is 6.42 Å². The molecule has 2 amide bonds. The van der Waals surface area contributed by atoms with Gasteiger partial charge in [0.25, 0.3) is 0 Å². The first kappa shape index (κ1) is 11.7. The van der Waals surface area contributed by atoms with E-state index < -0.39 is 0 Å². The van der Waals surface area contributed by atoms with E-state index in [2.05, 4.69) is 10.6 Å². The molecule has 0 aromatic carbocycles. The Hall–Kier alpha value is -0.770. The summed E-state index contributed by atoms with van der Waals surface area (Å²) in [7, 11) is 0. The lowest BCUT2D eigenvalue weighted by Crippen LogP contribution is -2.46. The zero-order chi connectivity index (χ0) is 11.4. The van der Waals surface area contributed by atoms with Crippen LogP contribution in [0.25, 0.3) is 0 Å². The van der Waals surface area contributed by atoms with Crippen molar-refractivity contribution in [3.63, 3.8) is 0 Å². The van der Waals surface area contributed by atoms with Crippen molar-refractivity contribution in [1.29, 1.82) is 0 Å². The van der Waals surface area contributed by atoms with E-state index in [9.17, 15) is 9.90 Å². The van der Waals surface area contributed by atoms with E-state index in [0.29, 0.717) is 12.0 Å². The van der Waals surface area contributed by atoms with Gasteiger partial charge in [-0.15, -0.1) is 0 Å². The maximum absolute atomic E-state index is 11.5. The van der Waals surface area contributed by atoms with Gasteiger partial charge in [-0.25, -0.2) is 4.79 Å². The van der Waals surface area contributed by atoms with E-state index in [1.807, 2.05) is 0 Å². The summed E-state index contributed by atoms with van der Waals surface area (Å²) in [6.07, 6.45) is 7.22. The molecule has 2 saturated carbocycles. The van der Waals surface area contributed by atoms with Gasteiger partial charge in [-0.1, -0.05) is 0 Å². The summed E-state index contributed by atoms with van der Waals surface area (Å²) in [5, 5.41) is 15.3. The zero-order valence-corrected chi connectivity index (χ0v) is 9.74. The molecule has 0 saturated heterocycles. The van der Waals surface area contributed by atoms with Crippen molar-refractivity contribution in [2.75, 3.05) is 6.54 Å². The summed E-state index contributed by atoms with van der Waals surface area (Å²) in [6, 6.07) is 0.393. The van der Waals surface area contributed by atoms with Gasteiger partial charge >= 0.3 is 6.03 Å². The Morgan fingerprint density at radius 3 is 2.38 bits per heavy atom. The van der Waals surface area contributed by atoms with Crippen LogP contribution in [-0.2, 0) is 0 Å². The molecule has 0 atom stereocenters. The van der Waals surface area contributed by atoms with E-state index >= 15 is 0 Å². The minimum Gasteiger partial charge on any atom is -0.393 e. The number of aliphatic hydroxyl groups is 1. The molecule has 4 nitrogen and oxygen atoms in total. The quantitative estimate of drug-likeness (QED) is 0.681. The number of carbonyl (C=O) groups excluding carboxylic acids is 1. The predicted octanol–water partition coefficient (Wildman–Crippen LogP) is 1.39. The molecule has 0 aromatic heterocycles. The number of rotatable bonds is 3. The lowest BCUT2D eigenvalue weighted by atomic mass is 9.87. The maximum atomic E-state index is 11.5. The van der Waals surface area contributed by atoms with Gasteiger partial charge in [0.05, 0.1) is 6.10 Å². The van der Waals surface area contributed by atoms with Crippen LogP contribution < -0.4 is 10.6 Å².